The number of halogens is 1. The van der Waals surface area contributed by atoms with Crippen molar-refractivity contribution in [1.29, 1.82) is 5.26 Å². The molecule has 0 radical (unpaired) electrons. The Morgan fingerprint density at radius 3 is 2.70 bits per heavy atom. The van der Waals surface area contributed by atoms with Crippen molar-refractivity contribution in [2.45, 2.75) is 32.4 Å². The third-order valence-electron chi connectivity index (χ3n) is 3.22. The molecule has 0 fully saturated rings. The predicted octanol–water partition coefficient (Wildman–Crippen LogP) is 4.48. The lowest BCUT2D eigenvalue weighted by Crippen LogP contribution is -2.22. The molecule has 1 aromatic heterocycles. The average Bonchev–Trinajstić information content (AvgIpc) is 2.77. The largest absolute Gasteiger partial charge is 0.361 e. The van der Waals surface area contributed by atoms with Gasteiger partial charge in [-0.3, -0.25) is 0 Å². The molecule has 2 rings (SSSR count). The van der Waals surface area contributed by atoms with Gasteiger partial charge in [0.2, 0.25) is 0 Å². The summed E-state index contributed by atoms with van der Waals surface area (Å²) in [5.41, 5.74) is 1.37. The first-order chi connectivity index (χ1) is 9.42. The molecular weight excluding hydrogens is 288 g/mol. The van der Waals surface area contributed by atoms with Crippen LogP contribution in [0.3, 0.4) is 0 Å². The van der Waals surface area contributed by atoms with Crippen molar-refractivity contribution in [2.24, 2.45) is 0 Å². The third-order valence-corrected chi connectivity index (χ3v) is 5.24. The summed E-state index contributed by atoms with van der Waals surface area (Å²) in [6, 6.07) is 8.99. The minimum absolute atomic E-state index is 0.461. The van der Waals surface area contributed by atoms with E-state index in [1.807, 2.05) is 22.9 Å². The lowest BCUT2D eigenvalue weighted by molar-refractivity contribution is 0.0902. The summed E-state index contributed by atoms with van der Waals surface area (Å²) in [5.74, 6) is 0. The normalized spacial score (nSPS) is 11.8. The van der Waals surface area contributed by atoms with Gasteiger partial charge in [0.05, 0.1) is 16.1 Å². The first-order valence-corrected chi connectivity index (χ1v) is 10.8. The Bertz CT molecular complexity index is 652. The van der Waals surface area contributed by atoms with Crippen molar-refractivity contribution < 1.29 is 4.74 Å². The molecule has 0 amide bonds. The lowest BCUT2D eigenvalue weighted by atomic mass is 10.1. The van der Waals surface area contributed by atoms with Gasteiger partial charge in [-0.25, -0.2) is 0 Å². The number of rotatable bonds is 5. The van der Waals surface area contributed by atoms with Crippen molar-refractivity contribution in [3.8, 4) is 6.07 Å². The van der Waals surface area contributed by atoms with Crippen LogP contribution < -0.4 is 0 Å². The molecule has 0 aliphatic rings. The van der Waals surface area contributed by atoms with Crippen LogP contribution >= 0.6 is 11.6 Å². The Morgan fingerprint density at radius 1 is 1.30 bits per heavy atom. The molecule has 0 aliphatic heterocycles. The van der Waals surface area contributed by atoms with Crippen LogP contribution in [0.2, 0.25) is 30.7 Å². The molecule has 0 atom stereocenters. The van der Waals surface area contributed by atoms with Crippen LogP contribution in [-0.2, 0) is 11.5 Å². The summed E-state index contributed by atoms with van der Waals surface area (Å²) in [4.78, 5) is 0. The van der Waals surface area contributed by atoms with Crippen LogP contribution in [-0.4, -0.2) is 19.2 Å². The molecule has 0 bridgehead atoms. The highest BCUT2D eigenvalue weighted by Gasteiger charge is 2.13. The van der Waals surface area contributed by atoms with Crippen molar-refractivity contribution in [3.63, 3.8) is 0 Å². The van der Waals surface area contributed by atoms with Crippen molar-refractivity contribution in [3.05, 3.63) is 35.0 Å². The van der Waals surface area contributed by atoms with E-state index < -0.39 is 8.07 Å². The van der Waals surface area contributed by atoms with E-state index in [4.69, 9.17) is 16.3 Å². The second-order valence-electron chi connectivity index (χ2n) is 6.11. The molecule has 1 aromatic carbocycles. The molecule has 0 aliphatic carbocycles. The fourth-order valence-electron chi connectivity index (χ4n) is 2.03. The first kappa shape index (κ1) is 15.1. The molecule has 0 saturated carbocycles. The quantitative estimate of drug-likeness (QED) is 0.603. The predicted molar refractivity (Wildman–Crippen MR) is 85.8 cm³/mol. The smallest absolute Gasteiger partial charge is 0.122 e. The zero-order valence-electron chi connectivity index (χ0n) is 12.1. The SMILES string of the molecule is C[Si](C)(C)CCOCn1ccc2ccc(Cl)c(C#N)c21. The maximum atomic E-state index is 9.25. The van der Waals surface area contributed by atoms with Gasteiger partial charge in [0.15, 0.2) is 0 Å². The summed E-state index contributed by atoms with van der Waals surface area (Å²) in [6.45, 7) is 8.21. The zero-order chi connectivity index (χ0) is 14.8. The summed E-state index contributed by atoms with van der Waals surface area (Å²) in [6.07, 6.45) is 1.94. The Hall–Kier alpha value is -1.28. The lowest BCUT2D eigenvalue weighted by Gasteiger charge is -2.16. The summed E-state index contributed by atoms with van der Waals surface area (Å²) in [7, 11) is -1.07. The minimum Gasteiger partial charge on any atom is -0.361 e. The molecule has 0 N–H and O–H groups in total. The highest BCUT2D eigenvalue weighted by atomic mass is 35.5. The highest BCUT2D eigenvalue weighted by Crippen LogP contribution is 2.26. The number of aromatic nitrogens is 1. The van der Waals surface area contributed by atoms with E-state index in [2.05, 4.69) is 25.7 Å². The topological polar surface area (TPSA) is 38.0 Å². The van der Waals surface area contributed by atoms with Crippen LogP contribution in [0.15, 0.2) is 24.4 Å². The monoisotopic (exact) mass is 306 g/mol. The van der Waals surface area contributed by atoms with E-state index in [-0.39, 0.29) is 0 Å². The van der Waals surface area contributed by atoms with E-state index >= 15 is 0 Å². The van der Waals surface area contributed by atoms with Crippen molar-refractivity contribution >= 4 is 30.6 Å². The standard InChI is InChI=1S/C15H19ClN2OSi/c1-20(2,3)9-8-19-11-18-7-6-12-4-5-14(16)13(10-17)15(12)18/h4-7H,8-9,11H2,1-3H3. The van der Waals surface area contributed by atoms with E-state index in [1.54, 1.807) is 6.07 Å². The van der Waals surface area contributed by atoms with E-state index in [1.165, 1.54) is 0 Å². The maximum absolute atomic E-state index is 9.25. The van der Waals surface area contributed by atoms with Gasteiger partial charge >= 0.3 is 0 Å². The summed E-state index contributed by atoms with van der Waals surface area (Å²) in [5, 5.41) is 10.8. The third kappa shape index (κ3) is 3.43. The zero-order valence-corrected chi connectivity index (χ0v) is 13.9. The number of nitriles is 1. The molecule has 1 heterocycles. The number of hydrogen-bond acceptors (Lipinski definition) is 2. The minimum atomic E-state index is -1.07. The molecule has 0 unspecified atom stereocenters. The Labute approximate surface area is 125 Å². The number of benzene rings is 1. The average molecular weight is 307 g/mol. The fourth-order valence-corrected chi connectivity index (χ4v) is 2.98. The molecule has 0 saturated heterocycles. The highest BCUT2D eigenvalue weighted by molar-refractivity contribution is 6.76. The van der Waals surface area contributed by atoms with Gasteiger partial charge in [0, 0.05) is 26.3 Å². The number of fused-ring (bicyclic) bond motifs is 1. The molecule has 0 spiro atoms. The van der Waals surface area contributed by atoms with E-state index in [9.17, 15) is 5.26 Å². The van der Waals surface area contributed by atoms with Crippen LogP contribution in [0.5, 0.6) is 0 Å². The molecule has 106 valence electrons. The van der Waals surface area contributed by atoms with Gasteiger partial charge in [-0.1, -0.05) is 37.3 Å². The molecule has 3 nitrogen and oxygen atoms in total. The van der Waals surface area contributed by atoms with Gasteiger partial charge in [-0.2, -0.15) is 5.26 Å². The Balaban J connectivity index is 2.15. The number of ether oxygens (including phenoxy) is 1. The van der Waals surface area contributed by atoms with Crippen molar-refractivity contribution in [2.75, 3.05) is 6.61 Å². The van der Waals surface area contributed by atoms with Crippen LogP contribution in [0.1, 0.15) is 5.56 Å². The first-order valence-electron chi connectivity index (χ1n) is 6.67. The Kier molecular flexibility index (Phi) is 4.54. The fraction of sp³-hybridized carbons (Fsp3) is 0.400. The second kappa shape index (κ2) is 6.00. The van der Waals surface area contributed by atoms with Gasteiger partial charge in [-0.15, -0.1) is 0 Å². The second-order valence-corrected chi connectivity index (χ2v) is 12.1. The van der Waals surface area contributed by atoms with Crippen molar-refractivity contribution in [1.82, 2.24) is 4.57 Å². The van der Waals surface area contributed by atoms with E-state index in [0.717, 1.165) is 23.6 Å². The van der Waals surface area contributed by atoms with Crippen LogP contribution in [0.25, 0.3) is 10.9 Å². The van der Waals surface area contributed by atoms with Gasteiger partial charge < -0.3 is 9.30 Å². The van der Waals surface area contributed by atoms with Gasteiger partial charge in [0.25, 0.3) is 0 Å². The maximum Gasteiger partial charge on any atom is 0.122 e. The molecular formula is C15H19ClN2OSi. The Morgan fingerprint density at radius 2 is 2.05 bits per heavy atom. The summed E-state index contributed by atoms with van der Waals surface area (Å²) >= 11 is 6.08. The van der Waals surface area contributed by atoms with Gasteiger partial charge in [-0.05, 0) is 18.2 Å². The number of hydrogen-bond donors (Lipinski definition) is 0. The number of nitrogens with zero attached hydrogens (tertiary/aromatic N) is 2. The van der Waals surface area contributed by atoms with Crippen LogP contribution in [0.4, 0.5) is 0 Å². The van der Waals surface area contributed by atoms with Crippen LogP contribution in [0, 0.1) is 11.3 Å². The molecule has 5 heteroatoms. The summed E-state index contributed by atoms with van der Waals surface area (Å²) < 4.78 is 7.70. The molecule has 2 aromatic rings. The van der Waals surface area contributed by atoms with Gasteiger partial charge in [0.1, 0.15) is 12.8 Å². The van der Waals surface area contributed by atoms with E-state index in [0.29, 0.717) is 17.3 Å². The molecule has 20 heavy (non-hydrogen) atoms.